The summed E-state index contributed by atoms with van der Waals surface area (Å²) in [6.45, 7) is 0.749. The molecule has 5 N–H and O–H groups in total. The number of hydrogen-bond donors (Lipinski definition) is 5. The third-order valence-electron chi connectivity index (χ3n) is 4.19. The molecule has 8 nitrogen and oxygen atoms in total. The second kappa shape index (κ2) is 7.71. The largest absolute Gasteiger partial charge is 0.460 e. The van der Waals surface area contributed by atoms with Crippen LogP contribution in [-0.4, -0.2) is 63.5 Å². The van der Waals surface area contributed by atoms with Crippen molar-refractivity contribution in [3.8, 4) is 5.75 Å². The molecule has 5 atom stereocenters. The normalized spacial score (nSPS) is 28.9. The average molecular weight is 450 g/mol. The van der Waals surface area contributed by atoms with Crippen molar-refractivity contribution in [3.05, 3.63) is 27.8 Å². The van der Waals surface area contributed by atoms with Crippen molar-refractivity contribution in [2.75, 3.05) is 6.61 Å². The third-order valence-corrected chi connectivity index (χ3v) is 5.48. The molecule has 3 rings (SSSR count). The van der Waals surface area contributed by atoms with Crippen molar-refractivity contribution >= 4 is 44.3 Å². The monoisotopic (exact) mass is 448 g/mol. The van der Waals surface area contributed by atoms with Crippen LogP contribution in [0.2, 0.25) is 5.02 Å². The maximum absolute atomic E-state index is 11.5. The topological polar surface area (TPSA) is 124 Å². The summed E-state index contributed by atoms with van der Waals surface area (Å²) in [5, 5.41) is 33.3. The van der Waals surface area contributed by atoms with Crippen molar-refractivity contribution in [1.82, 2.24) is 10.3 Å². The van der Waals surface area contributed by atoms with Gasteiger partial charge in [0.25, 0.3) is 0 Å². The first-order valence-corrected chi connectivity index (χ1v) is 9.02. The Labute approximate surface area is 162 Å². The molecule has 1 aromatic carbocycles. The third kappa shape index (κ3) is 3.55. The van der Waals surface area contributed by atoms with Gasteiger partial charge in [0.15, 0.2) is 0 Å². The summed E-state index contributed by atoms with van der Waals surface area (Å²) in [6, 6.07) is 2.55. The minimum absolute atomic E-state index is 0.340. The summed E-state index contributed by atoms with van der Waals surface area (Å²) >= 11 is 9.68. The Bertz CT molecular complexity index is 815. The van der Waals surface area contributed by atoms with Gasteiger partial charge < -0.3 is 35.1 Å². The summed E-state index contributed by atoms with van der Waals surface area (Å²) < 4.78 is 12.1. The predicted molar refractivity (Wildman–Crippen MR) is 97.0 cm³/mol. The van der Waals surface area contributed by atoms with Crippen molar-refractivity contribution in [2.45, 2.75) is 37.6 Å². The van der Waals surface area contributed by atoms with Crippen LogP contribution in [-0.2, 0) is 9.53 Å². The van der Waals surface area contributed by atoms with Crippen LogP contribution in [0, 0.1) is 0 Å². The zero-order chi connectivity index (χ0) is 19.0. The van der Waals surface area contributed by atoms with Gasteiger partial charge in [0.1, 0.15) is 30.1 Å². The molecule has 0 saturated carbocycles. The van der Waals surface area contributed by atoms with Crippen LogP contribution in [0.1, 0.15) is 6.92 Å². The number of ether oxygens (including phenoxy) is 2. The Morgan fingerprint density at radius 2 is 2.15 bits per heavy atom. The second-order valence-electron chi connectivity index (χ2n) is 5.99. The molecule has 2 aromatic rings. The van der Waals surface area contributed by atoms with Crippen LogP contribution >= 0.6 is 27.5 Å². The van der Waals surface area contributed by atoms with E-state index in [1.165, 1.54) is 6.92 Å². The molecule has 26 heavy (non-hydrogen) atoms. The molecule has 1 fully saturated rings. The van der Waals surface area contributed by atoms with Gasteiger partial charge >= 0.3 is 0 Å². The number of aromatic amines is 1. The number of aromatic nitrogens is 1. The van der Waals surface area contributed by atoms with E-state index in [0.717, 1.165) is 5.52 Å². The standard InChI is InChI=1S/C16H18BrClN2O6/c1-6(22)20-13-15(24)14(23)10(5-21)26-16(13)25-9-4-19-8-3-2-7(17)12(18)11(8)9/h2-4,10,13-16,19,21,23-24H,5H2,1H3,(H,20,22)/t10-,13-,14-,15-,16-/m1/s1. The van der Waals surface area contributed by atoms with E-state index in [0.29, 0.717) is 20.6 Å². The molecular weight excluding hydrogens is 432 g/mol. The van der Waals surface area contributed by atoms with Crippen LogP contribution in [0.4, 0.5) is 0 Å². The van der Waals surface area contributed by atoms with Gasteiger partial charge in [0.2, 0.25) is 12.2 Å². The van der Waals surface area contributed by atoms with Crippen molar-refractivity contribution in [3.63, 3.8) is 0 Å². The Morgan fingerprint density at radius 1 is 1.42 bits per heavy atom. The van der Waals surface area contributed by atoms with Crippen LogP contribution < -0.4 is 10.1 Å². The van der Waals surface area contributed by atoms with Crippen molar-refractivity contribution in [2.24, 2.45) is 0 Å². The van der Waals surface area contributed by atoms with Gasteiger partial charge in [0.05, 0.1) is 22.5 Å². The average Bonchev–Trinajstić information content (AvgIpc) is 3.01. The van der Waals surface area contributed by atoms with Gasteiger partial charge in [0, 0.05) is 17.6 Å². The fourth-order valence-corrected chi connectivity index (χ4v) is 3.50. The molecule has 10 heteroatoms. The number of H-pyrrole nitrogens is 1. The van der Waals surface area contributed by atoms with E-state index in [2.05, 4.69) is 26.2 Å². The first-order chi connectivity index (χ1) is 12.3. The molecule has 0 aliphatic carbocycles. The number of benzene rings is 1. The van der Waals surface area contributed by atoms with Crippen LogP contribution in [0.5, 0.6) is 5.75 Å². The number of rotatable bonds is 4. The fourth-order valence-electron chi connectivity index (χ4n) is 2.92. The highest BCUT2D eigenvalue weighted by atomic mass is 79.9. The van der Waals surface area contributed by atoms with Crippen molar-refractivity contribution < 1.29 is 29.6 Å². The molecule has 142 valence electrons. The van der Waals surface area contributed by atoms with Crippen molar-refractivity contribution in [1.29, 1.82) is 0 Å². The van der Waals surface area contributed by atoms with Gasteiger partial charge in [-0.25, -0.2) is 0 Å². The maximum Gasteiger partial charge on any atom is 0.223 e. The molecule has 1 amide bonds. The van der Waals surface area contributed by atoms with Crippen LogP contribution in [0.15, 0.2) is 22.8 Å². The first kappa shape index (κ1) is 19.4. The quantitative estimate of drug-likeness (QED) is 0.473. The molecule has 0 radical (unpaired) electrons. The van der Waals surface area contributed by atoms with E-state index in [9.17, 15) is 20.1 Å². The van der Waals surface area contributed by atoms with Gasteiger partial charge in [-0.05, 0) is 28.1 Å². The molecule has 2 heterocycles. The van der Waals surface area contributed by atoms with E-state index < -0.39 is 43.2 Å². The lowest BCUT2D eigenvalue weighted by molar-refractivity contribution is -0.244. The molecule has 0 spiro atoms. The summed E-state index contributed by atoms with van der Waals surface area (Å²) in [6.07, 6.45) is -3.40. The highest BCUT2D eigenvalue weighted by molar-refractivity contribution is 9.10. The molecule has 0 unspecified atom stereocenters. The number of hydrogen-bond acceptors (Lipinski definition) is 6. The van der Waals surface area contributed by atoms with E-state index in [4.69, 9.17) is 21.1 Å². The van der Waals surface area contributed by atoms with Gasteiger partial charge in [-0.3, -0.25) is 4.79 Å². The summed E-state index contributed by atoms with van der Waals surface area (Å²) in [5.74, 6) is -0.0902. The highest BCUT2D eigenvalue weighted by Crippen LogP contribution is 2.38. The molecule has 1 aliphatic rings. The second-order valence-corrected chi connectivity index (χ2v) is 7.22. The lowest BCUT2D eigenvalue weighted by Crippen LogP contribution is -2.65. The summed E-state index contributed by atoms with van der Waals surface area (Å²) in [7, 11) is 0. The van der Waals surface area contributed by atoms with Gasteiger partial charge in [-0.1, -0.05) is 11.6 Å². The Morgan fingerprint density at radius 3 is 2.81 bits per heavy atom. The summed E-state index contributed by atoms with van der Waals surface area (Å²) in [4.78, 5) is 14.5. The number of amides is 1. The van der Waals surface area contributed by atoms with Crippen LogP contribution in [0.25, 0.3) is 10.9 Å². The SMILES string of the molecule is CC(=O)N[C@H]1[C@H](Oc2c[nH]c3ccc(Br)c(Cl)c23)O[C@H](CO)[C@@H](O)[C@@H]1O. The van der Waals surface area contributed by atoms with Gasteiger partial charge in [-0.15, -0.1) is 0 Å². The molecule has 0 bridgehead atoms. The number of fused-ring (bicyclic) bond motifs is 1. The number of carbonyl (C=O) groups excluding carboxylic acids is 1. The lowest BCUT2D eigenvalue weighted by Gasteiger charge is -2.41. The Hall–Kier alpha value is -1.36. The smallest absolute Gasteiger partial charge is 0.223 e. The number of aliphatic hydroxyl groups excluding tert-OH is 3. The van der Waals surface area contributed by atoms with E-state index in [1.807, 2.05) is 0 Å². The van der Waals surface area contributed by atoms with E-state index in [1.54, 1.807) is 18.3 Å². The molecule has 1 saturated heterocycles. The molecular formula is C16H18BrClN2O6. The number of aliphatic hydroxyl groups is 3. The van der Waals surface area contributed by atoms with Gasteiger partial charge in [-0.2, -0.15) is 0 Å². The predicted octanol–water partition coefficient (Wildman–Crippen LogP) is 0.906. The van der Waals surface area contributed by atoms with E-state index in [-0.39, 0.29) is 0 Å². The minimum Gasteiger partial charge on any atom is -0.460 e. The number of nitrogens with one attached hydrogen (secondary N) is 2. The lowest BCUT2D eigenvalue weighted by atomic mass is 9.97. The number of halogens is 2. The minimum atomic E-state index is -1.39. The zero-order valence-electron chi connectivity index (χ0n) is 13.6. The molecule has 1 aliphatic heterocycles. The van der Waals surface area contributed by atoms with E-state index >= 15 is 0 Å². The molecule has 1 aromatic heterocycles. The Kier molecular flexibility index (Phi) is 5.75. The fraction of sp³-hybridized carbons (Fsp3) is 0.438. The van der Waals surface area contributed by atoms with Crippen LogP contribution in [0.3, 0.4) is 0 Å². The Balaban J connectivity index is 1.95. The highest BCUT2D eigenvalue weighted by Gasteiger charge is 2.46. The maximum atomic E-state index is 11.5. The summed E-state index contributed by atoms with van der Waals surface area (Å²) in [5.41, 5.74) is 0.722. The zero-order valence-corrected chi connectivity index (χ0v) is 16.0. The first-order valence-electron chi connectivity index (χ1n) is 7.84. The number of carbonyl (C=O) groups is 1.